The summed E-state index contributed by atoms with van der Waals surface area (Å²) in [6.07, 6.45) is 8.28. The molecule has 0 atom stereocenters. The van der Waals surface area contributed by atoms with Crippen molar-refractivity contribution in [2.45, 2.75) is 44.9 Å². The van der Waals surface area contributed by atoms with Crippen LogP contribution in [0.1, 0.15) is 55.5 Å². The Morgan fingerprint density at radius 2 is 1.75 bits per heavy atom. The van der Waals surface area contributed by atoms with Gasteiger partial charge in [-0.1, -0.05) is 43.5 Å². The molecule has 0 spiro atoms. The molecule has 32 heavy (non-hydrogen) atoms. The second kappa shape index (κ2) is 10.3. The molecule has 0 radical (unpaired) electrons. The molecule has 1 aliphatic rings. The Morgan fingerprint density at radius 3 is 2.41 bits per heavy atom. The van der Waals surface area contributed by atoms with Crippen molar-refractivity contribution in [2.24, 2.45) is 0 Å². The predicted molar refractivity (Wildman–Crippen MR) is 131 cm³/mol. The molecule has 0 saturated heterocycles. The average molecular weight is 443 g/mol. The van der Waals surface area contributed by atoms with E-state index in [1.165, 1.54) is 55.9 Å². The summed E-state index contributed by atoms with van der Waals surface area (Å²) >= 11 is 1.46. The zero-order chi connectivity index (χ0) is 22.3. The Kier molecular flexibility index (Phi) is 6.98. The molecule has 5 nitrogen and oxygen atoms in total. The summed E-state index contributed by atoms with van der Waals surface area (Å²) in [6.45, 7) is 1.47. The monoisotopic (exact) mass is 442 g/mol. The second-order valence-corrected chi connectivity index (χ2v) is 8.93. The van der Waals surface area contributed by atoms with E-state index in [-0.39, 0.29) is 5.91 Å². The lowest BCUT2D eigenvalue weighted by Crippen LogP contribution is -2.05. The molecule has 1 fully saturated rings. The highest BCUT2D eigenvalue weighted by Gasteiger charge is 2.16. The van der Waals surface area contributed by atoms with E-state index in [1.807, 2.05) is 29.6 Å². The number of thiazole rings is 1. The molecule has 0 aliphatic heterocycles. The molecule has 4 rings (SSSR count). The van der Waals surface area contributed by atoms with Crippen LogP contribution < -0.4 is 10.6 Å². The van der Waals surface area contributed by atoms with Crippen LogP contribution in [0.2, 0.25) is 0 Å². The highest BCUT2D eigenvalue weighted by molar-refractivity contribution is 7.11. The maximum atomic E-state index is 11.1. The highest BCUT2D eigenvalue weighted by atomic mass is 32.1. The van der Waals surface area contributed by atoms with Gasteiger partial charge in [-0.3, -0.25) is 4.79 Å². The lowest BCUT2D eigenvalue weighted by Gasteiger charge is -2.22. The summed E-state index contributed by atoms with van der Waals surface area (Å²) in [7, 11) is 0. The van der Waals surface area contributed by atoms with Crippen LogP contribution >= 0.6 is 11.3 Å². The van der Waals surface area contributed by atoms with Gasteiger partial charge in [0.05, 0.1) is 5.69 Å². The van der Waals surface area contributed by atoms with Crippen LogP contribution in [-0.4, -0.2) is 10.9 Å². The third kappa shape index (κ3) is 5.43. The minimum absolute atomic E-state index is 0.111. The normalized spacial score (nSPS) is 14.6. The van der Waals surface area contributed by atoms with Crippen LogP contribution in [0.5, 0.6) is 0 Å². The van der Waals surface area contributed by atoms with Crippen LogP contribution in [0.3, 0.4) is 0 Å². The van der Waals surface area contributed by atoms with Gasteiger partial charge in [0.1, 0.15) is 16.6 Å². The molecule has 162 valence electrons. The van der Waals surface area contributed by atoms with Crippen molar-refractivity contribution in [1.29, 1.82) is 5.26 Å². The predicted octanol–water partition coefficient (Wildman–Crippen LogP) is 6.79. The van der Waals surface area contributed by atoms with E-state index < -0.39 is 0 Å². The van der Waals surface area contributed by atoms with E-state index >= 15 is 0 Å². The Labute approximate surface area is 192 Å². The first-order valence-corrected chi connectivity index (χ1v) is 11.8. The van der Waals surface area contributed by atoms with Gasteiger partial charge in [0.15, 0.2) is 0 Å². The topological polar surface area (TPSA) is 77.8 Å². The molecule has 1 aliphatic carbocycles. The van der Waals surface area contributed by atoms with Crippen molar-refractivity contribution < 1.29 is 4.79 Å². The number of nitrogens with one attached hydrogen (secondary N) is 2. The number of benzene rings is 2. The molecular weight excluding hydrogens is 416 g/mol. The van der Waals surface area contributed by atoms with Gasteiger partial charge in [0, 0.05) is 35.4 Å². The van der Waals surface area contributed by atoms with Gasteiger partial charge in [-0.05, 0) is 48.6 Å². The summed E-state index contributed by atoms with van der Waals surface area (Å²) in [6, 6.07) is 18.3. The van der Waals surface area contributed by atoms with E-state index in [0.29, 0.717) is 16.5 Å². The summed E-state index contributed by atoms with van der Waals surface area (Å²) < 4.78 is 0. The fourth-order valence-corrected chi connectivity index (χ4v) is 4.84. The molecule has 2 N–H and O–H groups in total. The Balaban J connectivity index is 1.44. The fourth-order valence-electron chi connectivity index (χ4n) is 4.04. The maximum absolute atomic E-state index is 11.1. The van der Waals surface area contributed by atoms with Gasteiger partial charge in [0.2, 0.25) is 5.91 Å². The highest BCUT2D eigenvalue weighted by Crippen LogP contribution is 2.34. The smallest absolute Gasteiger partial charge is 0.221 e. The number of amides is 1. The van der Waals surface area contributed by atoms with Crippen LogP contribution in [0.4, 0.5) is 11.4 Å². The largest absolute Gasteiger partial charge is 0.360 e. The third-order valence-electron chi connectivity index (χ3n) is 5.73. The molecular formula is C26H26N4OS. The van der Waals surface area contributed by atoms with Crippen molar-refractivity contribution in [3.8, 4) is 17.3 Å². The second-order valence-electron chi connectivity index (χ2n) is 8.07. The van der Waals surface area contributed by atoms with Gasteiger partial charge < -0.3 is 10.6 Å². The van der Waals surface area contributed by atoms with Gasteiger partial charge >= 0.3 is 0 Å². The third-order valence-corrected chi connectivity index (χ3v) is 6.60. The van der Waals surface area contributed by atoms with Gasteiger partial charge in [-0.25, -0.2) is 4.98 Å². The van der Waals surface area contributed by atoms with Crippen LogP contribution in [0, 0.1) is 11.3 Å². The number of allylic oxidation sites excluding steroid dienone is 1. The number of anilines is 2. The summed E-state index contributed by atoms with van der Waals surface area (Å²) in [5.41, 5.74) is 5.42. The summed E-state index contributed by atoms with van der Waals surface area (Å²) in [4.78, 5) is 15.8. The molecule has 6 heteroatoms. The number of rotatable bonds is 6. The van der Waals surface area contributed by atoms with Crippen LogP contribution in [0.25, 0.3) is 16.8 Å². The molecule has 0 unspecified atom stereocenters. The quantitative estimate of drug-likeness (QED) is 0.412. The number of hydrogen-bond donors (Lipinski definition) is 2. The number of hydrogen-bond acceptors (Lipinski definition) is 5. The standard InChI is InChI=1S/C26H26N4OS/c1-18(31)29-24-13-11-23(12-14-24)28-16-22(15-27)26-30-25(17-32-26)21-9-7-20(8-10-21)19-5-3-2-4-6-19/h7-14,16-17,19,28H,2-6H2,1H3,(H,29,31)/b22-16+. The van der Waals surface area contributed by atoms with Gasteiger partial charge in [-0.15, -0.1) is 11.3 Å². The van der Waals surface area contributed by atoms with Crippen LogP contribution in [0.15, 0.2) is 60.1 Å². The van der Waals surface area contributed by atoms with E-state index in [0.717, 1.165) is 22.6 Å². The zero-order valence-electron chi connectivity index (χ0n) is 18.1. The first-order chi connectivity index (χ1) is 15.6. The van der Waals surface area contributed by atoms with Crippen molar-refractivity contribution in [1.82, 2.24) is 4.98 Å². The number of aromatic nitrogens is 1. The van der Waals surface area contributed by atoms with Crippen molar-refractivity contribution >= 4 is 34.2 Å². The first kappa shape index (κ1) is 21.8. The molecule has 1 amide bonds. The average Bonchev–Trinajstić information content (AvgIpc) is 3.31. The Morgan fingerprint density at radius 1 is 1.06 bits per heavy atom. The van der Waals surface area contributed by atoms with Gasteiger partial charge in [0.25, 0.3) is 0 Å². The lowest BCUT2D eigenvalue weighted by atomic mass is 9.84. The van der Waals surface area contributed by atoms with Gasteiger partial charge in [-0.2, -0.15) is 5.26 Å². The SMILES string of the molecule is CC(=O)Nc1ccc(N/C=C(\C#N)c2nc(-c3ccc(C4CCCCC4)cc3)cs2)cc1. The lowest BCUT2D eigenvalue weighted by molar-refractivity contribution is -0.114. The molecule has 1 aromatic heterocycles. The maximum Gasteiger partial charge on any atom is 0.221 e. The van der Waals surface area contributed by atoms with Crippen molar-refractivity contribution in [3.63, 3.8) is 0 Å². The molecule has 3 aromatic rings. The van der Waals surface area contributed by atoms with Crippen molar-refractivity contribution in [3.05, 3.63) is 70.7 Å². The van der Waals surface area contributed by atoms with Crippen molar-refractivity contribution in [2.75, 3.05) is 10.6 Å². The molecule has 0 bridgehead atoms. The van der Waals surface area contributed by atoms with E-state index in [1.54, 1.807) is 6.20 Å². The molecule has 2 aromatic carbocycles. The van der Waals surface area contributed by atoms with E-state index in [9.17, 15) is 10.1 Å². The van der Waals surface area contributed by atoms with Crippen LogP contribution in [-0.2, 0) is 4.79 Å². The Bertz CT molecular complexity index is 1130. The summed E-state index contributed by atoms with van der Waals surface area (Å²) in [5, 5.41) is 18.2. The molecule has 1 saturated carbocycles. The fraction of sp³-hybridized carbons (Fsp3) is 0.269. The van der Waals surface area contributed by atoms with E-state index in [2.05, 4.69) is 41.0 Å². The molecule has 1 heterocycles. The minimum atomic E-state index is -0.111. The minimum Gasteiger partial charge on any atom is -0.360 e. The number of nitriles is 1. The first-order valence-electron chi connectivity index (χ1n) is 10.9. The number of carbonyl (C=O) groups excluding carboxylic acids is 1. The number of nitrogens with zero attached hydrogens (tertiary/aromatic N) is 2. The van der Waals surface area contributed by atoms with E-state index in [4.69, 9.17) is 4.98 Å². The number of carbonyl (C=O) groups is 1. The summed E-state index contributed by atoms with van der Waals surface area (Å²) in [5.74, 6) is 0.580. The Hall–Kier alpha value is -3.43. The zero-order valence-corrected chi connectivity index (χ0v) is 18.9.